The summed E-state index contributed by atoms with van der Waals surface area (Å²) in [7, 11) is 0. The first-order valence-electron chi connectivity index (χ1n) is 6.09. The number of unbranched alkanes of at least 4 members (excludes halogenated alkanes) is 2. The zero-order valence-electron chi connectivity index (χ0n) is 11.0. The number of hydrogen-bond acceptors (Lipinski definition) is 1. The third kappa shape index (κ3) is 9.45. The second-order valence-electron chi connectivity index (χ2n) is 4.31. The molecule has 0 N–H and O–H groups in total. The van der Waals surface area contributed by atoms with Crippen molar-refractivity contribution in [2.45, 2.75) is 53.4 Å². The first-order chi connectivity index (χ1) is 7.56. The van der Waals surface area contributed by atoms with Crippen LogP contribution in [0.3, 0.4) is 0 Å². The molecule has 1 rings (SSSR count). The zero-order chi connectivity index (χ0) is 12.4. The van der Waals surface area contributed by atoms with Gasteiger partial charge in [0.1, 0.15) is 5.78 Å². The molecule has 0 spiro atoms. The highest BCUT2D eigenvalue weighted by Crippen LogP contribution is 1.99. The van der Waals surface area contributed by atoms with Gasteiger partial charge in [0, 0.05) is 6.42 Å². The van der Waals surface area contributed by atoms with Crippen LogP contribution in [0.2, 0.25) is 0 Å². The second kappa shape index (κ2) is 9.14. The Hall–Kier alpha value is -1.11. The van der Waals surface area contributed by atoms with Crippen LogP contribution < -0.4 is 0 Å². The summed E-state index contributed by atoms with van der Waals surface area (Å²) < 4.78 is 0. The van der Waals surface area contributed by atoms with Crippen LogP contribution in [0.15, 0.2) is 24.3 Å². The number of carbonyl (C=O) groups excluding carboxylic acids is 1. The van der Waals surface area contributed by atoms with Crippen LogP contribution in [-0.4, -0.2) is 5.78 Å². The monoisotopic (exact) mass is 220 g/mol. The predicted octanol–water partition coefficient (Wildman–Crippen LogP) is 4.46. The van der Waals surface area contributed by atoms with Gasteiger partial charge in [0.15, 0.2) is 0 Å². The molecule has 1 nitrogen and oxygen atoms in total. The lowest BCUT2D eigenvalue weighted by Crippen LogP contribution is -1.87. The third-order valence-electron chi connectivity index (χ3n) is 2.35. The van der Waals surface area contributed by atoms with Crippen molar-refractivity contribution in [1.82, 2.24) is 0 Å². The van der Waals surface area contributed by atoms with Crippen molar-refractivity contribution in [3.05, 3.63) is 35.4 Å². The molecule has 0 fully saturated rings. The highest BCUT2D eigenvalue weighted by atomic mass is 16.1. The van der Waals surface area contributed by atoms with Crippen molar-refractivity contribution in [1.29, 1.82) is 0 Å². The SMILES string of the molecule is CCCCCC(C)=O.Cc1ccc(C)cc1. The van der Waals surface area contributed by atoms with Crippen LogP contribution >= 0.6 is 0 Å². The van der Waals surface area contributed by atoms with Gasteiger partial charge in [-0.3, -0.25) is 0 Å². The zero-order valence-corrected chi connectivity index (χ0v) is 11.0. The predicted molar refractivity (Wildman–Crippen MR) is 70.7 cm³/mol. The summed E-state index contributed by atoms with van der Waals surface area (Å²) in [5.41, 5.74) is 2.66. The molecule has 0 saturated carbocycles. The Bertz CT molecular complexity index is 264. The normalized spacial score (nSPS) is 9.25. The van der Waals surface area contributed by atoms with Crippen LogP contribution in [0.1, 0.15) is 50.7 Å². The van der Waals surface area contributed by atoms with E-state index in [9.17, 15) is 4.79 Å². The van der Waals surface area contributed by atoms with E-state index in [-0.39, 0.29) is 0 Å². The molecule has 1 aromatic carbocycles. The van der Waals surface area contributed by atoms with Crippen molar-refractivity contribution in [2.75, 3.05) is 0 Å². The Labute approximate surface area is 99.9 Å². The van der Waals surface area contributed by atoms with Crippen LogP contribution in [0, 0.1) is 13.8 Å². The maximum atomic E-state index is 10.3. The molecule has 1 aromatic rings. The Morgan fingerprint density at radius 1 is 1.00 bits per heavy atom. The quantitative estimate of drug-likeness (QED) is 0.685. The summed E-state index contributed by atoms with van der Waals surface area (Å²) in [6, 6.07) is 8.48. The molecule has 1 heteroatoms. The van der Waals surface area contributed by atoms with Crippen molar-refractivity contribution >= 4 is 5.78 Å². The summed E-state index contributed by atoms with van der Waals surface area (Å²) in [5, 5.41) is 0. The summed E-state index contributed by atoms with van der Waals surface area (Å²) in [6.07, 6.45) is 4.24. The highest BCUT2D eigenvalue weighted by molar-refractivity contribution is 5.75. The molecule has 0 saturated heterocycles. The molecule has 0 atom stereocenters. The van der Waals surface area contributed by atoms with Crippen molar-refractivity contribution in [3.8, 4) is 0 Å². The van der Waals surface area contributed by atoms with Gasteiger partial charge < -0.3 is 4.79 Å². The highest BCUT2D eigenvalue weighted by Gasteiger charge is 1.89. The minimum atomic E-state index is 0.318. The number of carbonyl (C=O) groups is 1. The molecular formula is C15H24O. The van der Waals surface area contributed by atoms with Gasteiger partial charge in [-0.05, 0) is 27.2 Å². The molecule has 0 aliphatic heterocycles. The summed E-state index contributed by atoms with van der Waals surface area (Å²) in [5.74, 6) is 0.318. The Balaban J connectivity index is 0.000000281. The minimum Gasteiger partial charge on any atom is -0.300 e. The molecule has 0 aliphatic carbocycles. The van der Waals surface area contributed by atoms with Crippen LogP contribution in [0.5, 0.6) is 0 Å². The number of ketones is 1. The van der Waals surface area contributed by atoms with Gasteiger partial charge >= 0.3 is 0 Å². The van der Waals surface area contributed by atoms with E-state index in [0.29, 0.717) is 5.78 Å². The van der Waals surface area contributed by atoms with E-state index < -0.39 is 0 Å². The number of rotatable bonds is 4. The minimum absolute atomic E-state index is 0.318. The van der Waals surface area contributed by atoms with Gasteiger partial charge in [-0.2, -0.15) is 0 Å². The topological polar surface area (TPSA) is 17.1 Å². The molecule has 0 aromatic heterocycles. The molecule has 0 unspecified atom stereocenters. The van der Waals surface area contributed by atoms with E-state index in [1.807, 2.05) is 0 Å². The molecule has 0 aliphatic rings. The molecular weight excluding hydrogens is 196 g/mol. The molecule has 0 heterocycles. The van der Waals surface area contributed by atoms with Crippen LogP contribution in [0.4, 0.5) is 0 Å². The van der Waals surface area contributed by atoms with E-state index in [4.69, 9.17) is 0 Å². The summed E-state index contributed by atoms with van der Waals surface area (Å²) in [4.78, 5) is 10.3. The third-order valence-corrected chi connectivity index (χ3v) is 2.35. The lowest BCUT2D eigenvalue weighted by Gasteiger charge is -1.90. The van der Waals surface area contributed by atoms with Crippen molar-refractivity contribution < 1.29 is 4.79 Å². The lowest BCUT2D eigenvalue weighted by atomic mass is 10.2. The average molecular weight is 220 g/mol. The number of aryl methyl sites for hydroxylation is 2. The van der Waals surface area contributed by atoms with Crippen LogP contribution in [-0.2, 0) is 4.79 Å². The molecule has 16 heavy (non-hydrogen) atoms. The number of benzene rings is 1. The van der Waals surface area contributed by atoms with Gasteiger partial charge in [0.2, 0.25) is 0 Å². The lowest BCUT2D eigenvalue weighted by molar-refractivity contribution is -0.117. The maximum Gasteiger partial charge on any atom is 0.129 e. The summed E-state index contributed by atoms with van der Waals surface area (Å²) >= 11 is 0. The van der Waals surface area contributed by atoms with Crippen molar-refractivity contribution in [3.63, 3.8) is 0 Å². The van der Waals surface area contributed by atoms with E-state index >= 15 is 0 Å². The van der Waals surface area contributed by atoms with E-state index in [1.54, 1.807) is 6.92 Å². The first-order valence-corrected chi connectivity index (χ1v) is 6.09. The fourth-order valence-electron chi connectivity index (χ4n) is 1.26. The summed E-state index contributed by atoms with van der Waals surface area (Å²) in [6.45, 7) is 7.98. The molecule has 0 radical (unpaired) electrons. The fourth-order valence-corrected chi connectivity index (χ4v) is 1.26. The fraction of sp³-hybridized carbons (Fsp3) is 0.533. The van der Waals surface area contributed by atoms with Crippen molar-refractivity contribution in [2.24, 2.45) is 0 Å². The van der Waals surface area contributed by atoms with Gasteiger partial charge in [0.25, 0.3) is 0 Å². The molecule has 0 amide bonds. The molecule has 0 bridgehead atoms. The Morgan fingerprint density at radius 3 is 1.75 bits per heavy atom. The van der Waals surface area contributed by atoms with Gasteiger partial charge in [0.05, 0.1) is 0 Å². The number of hydrogen-bond donors (Lipinski definition) is 0. The number of Topliss-reactive ketones (excluding diaryl/α,β-unsaturated/α-hetero) is 1. The standard InChI is InChI=1S/C8H10.C7H14O/c1-7-3-5-8(2)6-4-7;1-3-4-5-6-7(2)8/h3-6H,1-2H3;3-6H2,1-2H3. The van der Waals surface area contributed by atoms with E-state index in [2.05, 4.69) is 45.0 Å². The van der Waals surface area contributed by atoms with Gasteiger partial charge in [-0.1, -0.05) is 55.2 Å². The van der Waals surface area contributed by atoms with Gasteiger partial charge in [-0.25, -0.2) is 0 Å². The Morgan fingerprint density at radius 2 is 1.44 bits per heavy atom. The van der Waals surface area contributed by atoms with E-state index in [0.717, 1.165) is 12.8 Å². The van der Waals surface area contributed by atoms with Gasteiger partial charge in [-0.15, -0.1) is 0 Å². The smallest absolute Gasteiger partial charge is 0.129 e. The second-order valence-corrected chi connectivity index (χ2v) is 4.31. The first kappa shape index (κ1) is 14.9. The molecule has 90 valence electrons. The largest absolute Gasteiger partial charge is 0.300 e. The van der Waals surface area contributed by atoms with Crippen LogP contribution in [0.25, 0.3) is 0 Å². The van der Waals surface area contributed by atoms with E-state index in [1.165, 1.54) is 24.0 Å². The average Bonchev–Trinajstić information content (AvgIpc) is 2.23. The maximum absolute atomic E-state index is 10.3. The Kier molecular flexibility index (Phi) is 8.51.